The molecule has 14 heavy (non-hydrogen) atoms. The van der Waals surface area contributed by atoms with Gasteiger partial charge in [0.1, 0.15) is 5.82 Å². The maximum absolute atomic E-state index is 11.6. The summed E-state index contributed by atoms with van der Waals surface area (Å²) in [6.07, 6.45) is 1.86. The molecule has 0 radical (unpaired) electrons. The molecule has 0 aliphatic carbocycles. The topological polar surface area (TPSA) is 70.0 Å². The molecule has 0 bridgehead atoms. The van der Waals surface area contributed by atoms with Crippen LogP contribution in [-0.2, 0) is 13.6 Å². The van der Waals surface area contributed by atoms with Gasteiger partial charge in [0.2, 0.25) is 0 Å². The van der Waals surface area contributed by atoms with Crippen molar-refractivity contribution in [3.8, 4) is 0 Å². The summed E-state index contributed by atoms with van der Waals surface area (Å²) in [5.74, 6) is 0.242. The highest BCUT2D eigenvalue weighted by Crippen LogP contribution is 1.97. The Morgan fingerprint density at radius 1 is 1.43 bits per heavy atom. The van der Waals surface area contributed by atoms with E-state index in [1.165, 1.54) is 17.7 Å². The number of anilines is 1. The van der Waals surface area contributed by atoms with Gasteiger partial charge in [-0.2, -0.15) is 0 Å². The zero-order chi connectivity index (χ0) is 10.7. The lowest BCUT2D eigenvalue weighted by Crippen LogP contribution is -2.38. The van der Waals surface area contributed by atoms with E-state index >= 15 is 0 Å². The highest BCUT2D eigenvalue weighted by atomic mass is 16.2. The van der Waals surface area contributed by atoms with Crippen LogP contribution in [-0.4, -0.2) is 9.13 Å². The highest BCUT2D eigenvalue weighted by molar-refractivity contribution is 5.26. The van der Waals surface area contributed by atoms with E-state index in [-0.39, 0.29) is 17.1 Å². The van der Waals surface area contributed by atoms with Crippen molar-refractivity contribution in [3.05, 3.63) is 26.9 Å². The van der Waals surface area contributed by atoms with E-state index < -0.39 is 0 Å². The molecule has 0 aromatic carbocycles. The summed E-state index contributed by atoms with van der Waals surface area (Å²) >= 11 is 0. The Bertz CT molecular complexity index is 431. The van der Waals surface area contributed by atoms with Gasteiger partial charge >= 0.3 is 5.69 Å². The fourth-order valence-corrected chi connectivity index (χ4v) is 1.23. The molecule has 0 aliphatic rings. The van der Waals surface area contributed by atoms with Crippen molar-refractivity contribution in [2.24, 2.45) is 7.05 Å². The first-order valence-electron chi connectivity index (χ1n) is 4.64. The molecule has 0 unspecified atom stereocenters. The Hall–Kier alpha value is -1.52. The lowest BCUT2D eigenvalue weighted by atomic mass is 10.3. The molecule has 1 heterocycles. The third kappa shape index (κ3) is 1.86. The van der Waals surface area contributed by atoms with Crippen molar-refractivity contribution >= 4 is 5.82 Å². The molecule has 0 fully saturated rings. The van der Waals surface area contributed by atoms with Crippen LogP contribution in [0.3, 0.4) is 0 Å². The van der Waals surface area contributed by atoms with E-state index in [0.29, 0.717) is 6.54 Å². The normalized spacial score (nSPS) is 10.4. The van der Waals surface area contributed by atoms with Gasteiger partial charge in [-0.25, -0.2) is 4.79 Å². The Morgan fingerprint density at radius 3 is 2.64 bits per heavy atom. The number of nitrogens with two attached hydrogens (primary N) is 1. The minimum Gasteiger partial charge on any atom is -0.385 e. The molecule has 0 aliphatic heterocycles. The lowest BCUT2D eigenvalue weighted by molar-refractivity contribution is 0.574. The van der Waals surface area contributed by atoms with Crippen LogP contribution in [0.4, 0.5) is 5.82 Å². The summed E-state index contributed by atoms with van der Waals surface area (Å²) in [6.45, 7) is 2.60. The van der Waals surface area contributed by atoms with Crippen LogP contribution < -0.4 is 17.0 Å². The SMILES string of the molecule is CCCCn1c(N)cc(=O)n(C)c1=O. The van der Waals surface area contributed by atoms with Crippen LogP contribution in [0.1, 0.15) is 19.8 Å². The monoisotopic (exact) mass is 197 g/mol. The van der Waals surface area contributed by atoms with E-state index in [0.717, 1.165) is 17.4 Å². The van der Waals surface area contributed by atoms with Crippen molar-refractivity contribution in [2.45, 2.75) is 26.3 Å². The van der Waals surface area contributed by atoms with Crippen LogP contribution in [0.5, 0.6) is 0 Å². The Labute approximate surface area is 81.8 Å². The summed E-state index contributed by atoms with van der Waals surface area (Å²) in [5, 5.41) is 0. The lowest BCUT2D eigenvalue weighted by Gasteiger charge is -2.09. The van der Waals surface area contributed by atoms with E-state index in [1.54, 1.807) is 0 Å². The number of unbranched alkanes of at least 4 members (excludes halogenated alkanes) is 1. The molecule has 2 N–H and O–H groups in total. The minimum absolute atomic E-state index is 0.242. The average molecular weight is 197 g/mol. The first-order valence-corrected chi connectivity index (χ1v) is 4.64. The number of nitrogens with zero attached hydrogens (tertiary/aromatic N) is 2. The van der Waals surface area contributed by atoms with Crippen molar-refractivity contribution in [1.29, 1.82) is 0 Å². The maximum Gasteiger partial charge on any atom is 0.332 e. The van der Waals surface area contributed by atoms with Gasteiger partial charge in [-0.05, 0) is 6.42 Å². The first-order chi connectivity index (χ1) is 6.57. The van der Waals surface area contributed by atoms with Gasteiger partial charge in [-0.3, -0.25) is 13.9 Å². The standard InChI is InChI=1S/C9H15N3O2/c1-3-4-5-12-7(10)6-8(13)11(2)9(12)14/h6H,3-5,10H2,1-2H3. The molecule has 0 amide bonds. The Kier molecular flexibility index (Phi) is 3.11. The van der Waals surface area contributed by atoms with Gasteiger partial charge in [0.15, 0.2) is 0 Å². The third-order valence-electron chi connectivity index (χ3n) is 2.17. The van der Waals surface area contributed by atoms with Crippen LogP contribution in [0, 0.1) is 0 Å². The van der Waals surface area contributed by atoms with Crippen molar-refractivity contribution < 1.29 is 0 Å². The van der Waals surface area contributed by atoms with Crippen LogP contribution >= 0.6 is 0 Å². The minimum atomic E-state index is -0.361. The molecular weight excluding hydrogens is 182 g/mol. The van der Waals surface area contributed by atoms with Gasteiger partial charge < -0.3 is 5.73 Å². The fourth-order valence-electron chi connectivity index (χ4n) is 1.23. The number of hydrogen-bond donors (Lipinski definition) is 1. The molecule has 1 aromatic rings. The van der Waals surface area contributed by atoms with Crippen molar-refractivity contribution in [1.82, 2.24) is 9.13 Å². The number of hydrogen-bond acceptors (Lipinski definition) is 3. The second kappa shape index (κ2) is 4.13. The molecule has 0 saturated carbocycles. The predicted octanol–water partition coefficient (Wildman–Crippen LogP) is -0.0707. The molecule has 1 aromatic heterocycles. The number of aromatic nitrogens is 2. The molecule has 0 spiro atoms. The molecular formula is C9H15N3O2. The quantitative estimate of drug-likeness (QED) is 0.737. The zero-order valence-electron chi connectivity index (χ0n) is 8.49. The third-order valence-corrected chi connectivity index (χ3v) is 2.17. The van der Waals surface area contributed by atoms with Crippen molar-refractivity contribution in [2.75, 3.05) is 5.73 Å². The summed E-state index contributed by atoms with van der Waals surface area (Å²) in [6, 6.07) is 1.27. The van der Waals surface area contributed by atoms with Crippen LogP contribution in [0.2, 0.25) is 0 Å². The van der Waals surface area contributed by atoms with Gasteiger partial charge in [-0.1, -0.05) is 13.3 Å². The Balaban J connectivity index is 3.23. The maximum atomic E-state index is 11.6. The molecule has 0 saturated heterocycles. The zero-order valence-corrected chi connectivity index (χ0v) is 8.49. The second-order valence-electron chi connectivity index (χ2n) is 3.25. The summed E-state index contributed by atoms with van der Waals surface area (Å²) in [5.41, 5.74) is 4.88. The van der Waals surface area contributed by atoms with Crippen molar-refractivity contribution in [3.63, 3.8) is 0 Å². The van der Waals surface area contributed by atoms with Gasteiger partial charge in [0.05, 0.1) is 0 Å². The second-order valence-corrected chi connectivity index (χ2v) is 3.25. The van der Waals surface area contributed by atoms with E-state index in [9.17, 15) is 9.59 Å². The predicted molar refractivity (Wildman–Crippen MR) is 55.3 cm³/mol. The summed E-state index contributed by atoms with van der Waals surface area (Å²) in [4.78, 5) is 22.7. The van der Waals surface area contributed by atoms with E-state index in [4.69, 9.17) is 5.73 Å². The van der Waals surface area contributed by atoms with E-state index in [2.05, 4.69) is 0 Å². The van der Waals surface area contributed by atoms with Crippen LogP contribution in [0.15, 0.2) is 15.7 Å². The largest absolute Gasteiger partial charge is 0.385 e. The molecule has 5 nitrogen and oxygen atoms in total. The summed E-state index contributed by atoms with van der Waals surface area (Å²) in [7, 11) is 1.45. The molecule has 5 heteroatoms. The van der Waals surface area contributed by atoms with Gasteiger partial charge in [0.25, 0.3) is 5.56 Å². The molecule has 1 rings (SSSR count). The van der Waals surface area contributed by atoms with E-state index in [1.807, 2.05) is 6.92 Å². The molecule has 78 valence electrons. The number of rotatable bonds is 3. The van der Waals surface area contributed by atoms with Gasteiger partial charge in [0, 0.05) is 19.7 Å². The van der Waals surface area contributed by atoms with Gasteiger partial charge in [-0.15, -0.1) is 0 Å². The Morgan fingerprint density at radius 2 is 2.07 bits per heavy atom. The highest BCUT2D eigenvalue weighted by Gasteiger charge is 2.04. The first kappa shape index (κ1) is 10.6. The fraction of sp³-hybridized carbons (Fsp3) is 0.556. The summed E-state index contributed by atoms with van der Waals surface area (Å²) < 4.78 is 2.48. The number of nitrogen functional groups attached to an aromatic ring is 1. The van der Waals surface area contributed by atoms with Crippen LogP contribution in [0.25, 0.3) is 0 Å². The average Bonchev–Trinajstić information content (AvgIpc) is 2.14. The smallest absolute Gasteiger partial charge is 0.332 e. The molecule has 0 atom stereocenters.